The van der Waals surface area contributed by atoms with Gasteiger partial charge in [0.25, 0.3) is 5.89 Å². The second-order valence-corrected chi connectivity index (χ2v) is 7.43. The van der Waals surface area contributed by atoms with Crippen molar-refractivity contribution < 1.29 is 9.32 Å². The van der Waals surface area contributed by atoms with Crippen molar-refractivity contribution in [1.29, 1.82) is 0 Å². The summed E-state index contributed by atoms with van der Waals surface area (Å²) in [6, 6.07) is 13.6. The number of rotatable bonds is 4. The maximum Gasteiger partial charge on any atom is 0.257 e. The topological polar surface area (TPSA) is 59.2 Å². The Morgan fingerprint density at radius 3 is 2.78 bits per heavy atom. The van der Waals surface area contributed by atoms with Gasteiger partial charge in [0.05, 0.1) is 0 Å². The molecule has 3 aromatic rings. The van der Waals surface area contributed by atoms with Gasteiger partial charge in [-0.1, -0.05) is 41.0 Å². The summed E-state index contributed by atoms with van der Waals surface area (Å²) in [6.45, 7) is 5.18. The fraction of sp³-hybridized carbons (Fsp3) is 0.286. The van der Waals surface area contributed by atoms with E-state index < -0.39 is 0 Å². The Balaban J connectivity index is 1.50. The average molecular weight is 382 g/mol. The number of amides is 1. The van der Waals surface area contributed by atoms with Gasteiger partial charge in [-0.25, -0.2) is 0 Å². The number of likely N-dealkylation sites (tertiary alicyclic amines) is 1. The highest BCUT2D eigenvalue weighted by Gasteiger charge is 2.34. The van der Waals surface area contributed by atoms with E-state index in [9.17, 15) is 4.79 Å². The maximum atomic E-state index is 12.4. The lowest BCUT2D eigenvalue weighted by Gasteiger charge is -2.16. The normalized spacial score (nSPS) is 16.9. The Morgan fingerprint density at radius 2 is 2.00 bits per heavy atom. The van der Waals surface area contributed by atoms with Crippen LogP contribution in [0.3, 0.4) is 0 Å². The molecule has 138 valence electrons. The minimum atomic E-state index is -0.0657. The molecule has 2 heterocycles. The minimum Gasteiger partial charge on any atom is -0.338 e. The Kier molecular flexibility index (Phi) is 4.70. The van der Waals surface area contributed by atoms with Gasteiger partial charge in [0.15, 0.2) is 5.82 Å². The van der Waals surface area contributed by atoms with Gasteiger partial charge in [-0.05, 0) is 48.7 Å². The molecule has 1 aliphatic heterocycles. The molecule has 1 saturated heterocycles. The maximum absolute atomic E-state index is 12.4. The van der Waals surface area contributed by atoms with E-state index in [1.165, 1.54) is 11.1 Å². The van der Waals surface area contributed by atoms with E-state index >= 15 is 0 Å². The van der Waals surface area contributed by atoms with E-state index in [1.807, 2.05) is 42.5 Å². The van der Waals surface area contributed by atoms with Crippen molar-refractivity contribution in [2.75, 3.05) is 6.54 Å². The monoisotopic (exact) mass is 381 g/mol. The van der Waals surface area contributed by atoms with Crippen LogP contribution in [-0.2, 0) is 11.3 Å². The number of hydrogen-bond donors (Lipinski definition) is 0. The number of carbonyl (C=O) groups is 1. The molecule has 0 aliphatic carbocycles. The zero-order valence-electron chi connectivity index (χ0n) is 15.3. The van der Waals surface area contributed by atoms with Crippen LogP contribution in [-0.4, -0.2) is 27.5 Å². The van der Waals surface area contributed by atoms with E-state index in [2.05, 4.69) is 24.0 Å². The number of aromatic nitrogens is 2. The molecule has 0 bridgehead atoms. The molecular formula is C21H20ClN3O2. The number of benzene rings is 2. The zero-order chi connectivity index (χ0) is 19.0. The Bertz CT molecular complexity index is 999. The lowest BCUT2D eigenvalue weighted by atomic mass is 10.1. The van der Waals surface area contributed by atoms with Crippen molar-refractivity contribution >= 4 is 17.5 Å². The molecule has 0 spiro atoms. The SMILES string of the molecule is Cc1ccc(-c2nc(C3CC(=O)N(Cc4ccccc4Cl)C3)no2)cc1C. The van der Waals surface area contributed by atoms with Crippen molar-refractivity contribution in [2.24, 2.45) is 0 Å². The lowest BCUT2D eigenvalue weighted by Crippen LogP contribution is -2.24. The molecule has 27 heavy (non-hydrogen) atoms. The molecule has 1 amide bonds. The molecular weight excluding hydrogens is 362 g/mol. The Morgan fingerprint density at radius 1 is 1.19 bits per heavy atom. The van der Waals surface area contributed by atoms with Gasteiger partial charge < -0.3 is 9.42 Å². The van der Waals surface area contributed by atoms with Crippen LogP contribution in [0.1, 0.15) is 34.9 Å². The summed E-state index contributed by atoms with van der Waals surface area (Å²) in [4.78, 5) is 18.8. The number of aryl methyl sites for hydroxylation is 2. The van der Waals surface area contributed by atoms with Crippen molar-refractivity contribution in [3.05, 3.63) is 70.0 Å². The molecule has 5 nitrogen and oxygen atoms in total. The molecule has 6 heteroatoms. The summed E-state index contributed by atoms with van der Waals surface area (Å²) in [5, 5.41) is 4.80. The fourth-order valence-corrected chi connectivity index (χ4v) is 3.52. The smallest absolute Gasteiger partial charge is 0.257 e. The second-order valence-electron chi connectivity index (χ2n) is 7.02. The number of carbonyl (C=O) groups excluding carboxylic acids is 1. The molecule has 0 radical (unpaired) electrons. The van der Waals surface area contributed by atoms with Gasteiger partial charge in [-0.2, -0.15) is 4.98 Å². The highest BCUT2D eigenvalue weighted by atomic mass is 35.5. The van der Waals surface area contributed by atoms with Gasteiger partial charge in [-0.15, -0.1) is 0 Å². The first kappa shape index (κ1) is 17.7. The van der Waals surface area contributed by atoms with E-state index in [0.29, 0.717) is 36.2 Å². The summed E-state index contributed by atoms with van der Waals surface area (Å²) >= 11 is 6.22. The Hall–Kier alpha value is -2.66. The second kappa shape index (κ2) is 7.16. The molecule has 4 rings (SSSR count). The molecule has 1 unspecified atom stereocenters. The molecule has 1 aromatic heterocycles. The van der Waals surface area contributed by atoms with Crippen molar-refractivity contribution in [3.63, 3.8) is 0 Å². The fourth-order valence-electron chi connectivity index (χ4n) is 3.32. The van der Waals surface area contributed by atoms with E-state index in [-0.39, 0.29) is 11.8 Å². The summed E-state index contributed by atoms with van der Waals surface area (Å²) in [7, 11) is 0. The van der Waals surface area contributed by atoms with Crippen molar-refractivity contribution in [3.8, 4) is 11.5 Å². The summed E-state index contributed by atoms with van der Waals surface area (Å²) < 4.78 is 5.45. The van der Waals surface area contributed by atoms with Gasteiger partial charge in [0.1, 0.15) is 0 Å². The number of hydrogen-bond acceptors (Lipinski definition) is 4. The molecule has 1 aliphatic rings. The van der Waals surface area contributed by atoms with Crippen LogP contribution < -0.4 is 0 Å². The van der Waals surface area contributed by atoms with E-state index in [4.69, 9.17) is 16.1 Å². The highest BCUT2D eigenvalue weighted by Crippen LogP contribution is 2.30. The minimum absolute atomic E-state index is 0.0657. The molecule has 0 saturated carbocycles. The number of nitrogens with zero attached hydrogens (tertiary/aromatic N) is 3. The first-order valence-corrected chi connectivity index (χ1v) is 9.31. The first-order chi connectivity index (χ1) is 13.0. The average Bonchev–Trinajstić information content (AvgIpc) is 3.27. The molecule has 0 N–H and O–H groups in total. The molecule has 1 fully saturated rings. The van der Waals surface area contributed by atoms with Gasteiger partial charge in [-0.3, -0.25) is 4.79 Å². The zero-order valence-corrected chi connectivity index (χ0v) is 16.0. The third-order valence-electron chi connectivity index (χ3n) is 5.09. The standard InChI is InChI=1S/C21H20ClN3O2/c1-13-7-8-15(9-14(13)2)21-23-20(24-27-21)17-10-19(26)25(12-17)11-16-5-3-4-6-18(16)22/h3-9,17H,10-12H2,1-2H3. The van der Waals surface area contributed by atoms with Crippen LogP contribution >= 0.6 is 11.6 Å². The van der Waals surface area contributed by atoms with Gasteiger partial charge >= 0.3 is 0 Å². The first-order valence-electron chi connectivity index (χ1n) is 8.93. The van der Waals surface area contributed by atoms with Crippen molar-refractivity contribution in [1.82, 2.24) is 15.0 Å². The summed E-state index contributed by atoms with van der Waals surface area (Å²) in [5.41, 5.74) is 4.23. The van der Waals surface area contributed by atoms with Crippen molar-refractivity contribution in [2.45, 2.75) is 32.7 Å². The number of halogens is 1. The molecule has 1 atom stereocenters. The third-order valence-corrected chi connectivity index (χ3v) is 5.46. The highest BCUT2D eigenvalue weighted by molar-refractivity contribution is 6.31. The van der Waals surface area contributed by atoms with Crippen LogP contribution in [0.25, 0.3) is 11.5 Å². The van der Waals surface area contributed by atoms with E-state index in [1.54, 1.807) is 4.90 Å². The third kappa shape index (κ3) is 3.60. The largest absolute Gasteiger partial charge is 0.338 e. The van der Waals surface area contributed by atoms with Crippen LogP contribution in [0.5, 0.6) is 0 Å². The molecule has 2 aromatic carbocycles. The van der Waals surface area contributed by atoms with Crippen LogP contribution in [0.4, 0.5) is 0 Å². The predicted octanol–water partition coefficient (Wildman–Crippen LogP) is 4.52. The summed E-state index contributed by atoms with van der Waals surface area (Å²) in [6.07, 6.45) is 0.385. The Labute approximate surface area is 163 Å². The van der Waals surface area contributed by atoms with Gasteiger partial charge in [0.2, 0.25) is 5.91 Å². The van der Waals surface area contributed by atoms with Crippen LogP contribution in [0.2, 0.25) is 5.02 Å². The predicted molar refractivity (Wildman–Crippen MR) is 103 cm³/mol. The van der Waals surface area contributed by atoms with E-state index in [0.717, 1.165) is 11.1 Å². The lowest BCUT2D eigenvalue weighted by molar-refractivity contribution is -0.128. The quantitative estimate of drug-likeness (QED) is 0.666. The van der Waals surface area contributed by atoms with Gasteiger partial charge in [0, 0.05) is 36.0 Å². The van der Waals surface area contributed by atoms with Crippen LogP contribution in [0.15, 0.2) is 47.0 Å². The van der Waals surface area contributed by atoms with Crippen LogP contribution in [0, 0.1) is 13.8 Å². The summed E-state index contributed by atoms with van der Waals surface area (Å²) in [5.74, 6) is 1.09.